The van der Waals surface area contributed by atoms with Gasteiger partial charge in [0.25, 0.3) is 0 Å². The predicted octanol–water partition coefficient (Wildman–Crippen LogP) is 4.03. The van der Waals surface area contributed by atoms with Crippen molar-refractivity contribution >= 4 is 21.8 Å². The van der Waals surface area contributed by atoms with Crippen LogP contribution in [0.5, 0.6) is 11.5 Å². The number of nitrogens with one attached hydrogen (secondary N) is 2. The van der Waals surface area contributed by atoms with Crippen LogP contribution in [0.15, 0.2) is 46.0 Å². The molecule has 2 heterocycles. The van der Waals surface area contributed by atoms with Gasteiger partial charge in [-0.05, 0) is 56.8 Å². The summed E-state index contributed by atoms with van der Waals surface area (Å²) in [6.07, 6.45) is 0. The van der Waals surface area contributed by atoms with Gasteiger partial charge in [0, 0.05) is 57.4 Å². The van der Waals surface area contributed by atoms with Gasteiger partial charge in [-0.2, -0.15) is 0 Å². The van der Waals surface area contributed by atoms with Gasteiger partial charge in [0.05, 0.1) is 14.2 Å². The summed E-state index contributed by atoms with van der Waals surface area (Å²) in [5.74, 6) is 1.29. The molecule has 0 aliphatic heterocycles. The van der Waals surface area contributed by atoms with Crippen LogP contribution in [0.1, 0.15) is 29.4 Å². The van der Waals surface area contributed by atoms with Crippen LogP contribution in [0.4, 0.5) is 0 Å². The van der Waals surface area contributed by atoms with Crippen LogP contribution >= 0.6 is 0 Å². The van der Waals surface area contributed by atoms with Crippen molar-refractivity contribution in [2.45, 2.75) is 33.9 Å². The number of aromatic amines is 2. The first-order chi connectivity index (χ1) is 15.9. The molecule has 7 nitrogen and oxygen atoms in total. The molecule has 2 N–H and O–H groups in total. The SMILES string of the molecule is CCN(Cc1c(C)[nH]c2ccc(OC)cc2c1=O)Cc1c(C)[nH]c2ccc(OC)cc2c1=O. The molecular formula is C26H29N3O4. The van der Waals surface area contributed by atoms with Crippen LogP contribution < -0.4 is 20.3 Å². The normalized spacial score (nSPS) is 11.5. The van der Waals surface area contributed by atoms with Gasteiger partial charge >= 0.3 is 0 Å². The van der Waals surface area contributed by atoms with Crippen molar-refractivity contribution < 1.29 is 9.47 Å². The third-order valence-corrected chi connectivity index (χ3v) is 6.25. The zero-order valence-electron chi connectivity index (χ0n) is 19.7. The van der Waals surface area contributed by atoms with Gasteiger partial charge < -0.3 is 19.4 Å². The maximum Gasteiger partial charge on any atom is 0.194 e. The first-order valence-electron chi connectivity index (χ1n) is 11.0. The molecule has 2 aromatic heterocycles. The zero-order chi connectivity index (χ0) is 23.7. The smallest absolute Gasteiger partial charge is 0.194 e. The Balaban J connectivity index is 1.72. The summed E-state index contributed by atoms with van der Waals surface area (Å²) in [5.41, 5.74) is 4.54. The van der Waals surface area contributed by atoms with E-state index in [0.717, 1.165) is 22.4 Å². The van der Waals surface area contributed by atoms with E-state index < -0.39 is 0 Å². The molecule has 0 bridgehead atoms. The number of ether oxygens (including phenoxy) is 2. The molecule has 0 aliphatic rings. The van der Waals surface area contributed by atoms with Crippen LogP contribution in [0, 0.1) is 13.8 Å². The Morgan fingerprint density at radius 2 is 1.18 bits per heavy atom. The highest BCUT2D eigenvalue weighted by Crippen LogP contribution is 2.21. The maximum absolute atomic E-state index is 13.3. The van der Waals surface area contributed by atoms with E-state index in [1.165, 1.54) is 0 Å². The fourth-order valence-electron chi connectivity index (χ4n) is 4.22. The van der Waals surface area contributed by atoms with Gasteiger partial charge in [0.1, 0.15) is 11.5 Å². The zero-order valence-corrected chi connectivity index (χ0v) is 19.7. The minimum absolute atomic E-state index is 0.0209. The molecule has 0 radical (unpaired) electrons. The topological polar surface area (TPSA) is 87.4 Å². The molecule has 0 spiro atoms. The molecule has 0 atom stereocenters. The number of nitrogens with zero attached hydrogens (tertiary/aromatic N) is 1. The highest BCUT2D eigenvalue weighted by atomic mass is 16.5. The molecule has 172 valence electrons. The Labute approximate surface area is 192 Å². The van der Waals surface area contributed by atoms with E-state index >= 15 is 0 Å². The lowest BCUT2D eigenvalue weighted by Gasteiger charge is -2.22. The van der Waals surface area contributed by atoms with Crippen molar-refractivity contribution in [3.8, 4) is 11.5 Å². The van der Waals surface area contributed by atoms with Crippen molar-refractivity contribution in [1.29, 1.82) is 0 Å². The molecule has 7 heteroatoms. The standard InChI is InChI=1S/C26H29N3O4/c1-6-29(13-21-15(2)27-23-9-7-17(32-4)11-19(23)25(21)30)14-22-16(3)28-24-10-8-18(33-5)12-20(24)26(22)31/h7-12H,6,13-14H2,1-5H3,(H,27,30)(H,28,31). The van der Waals surface area contributed by atoms with Gasteiger partial charge in [0.2, 0.25) is 0 Å². The molecule has 33 heavy (non-hydrogen) atoms. The minimum atomic E-state index is -0.0209. The van der Waals surface area contributed by atoms with E-state index in [-0.39, 0.29) is 10.9 Å². The maximum atomic E-state index is 13.3. The van der Waals surface area contributed by atoms with Crippen LogP contribution in [0.3, 0.4) is 0 Å². The number of methoxy groups -OCH3 is 2. The summed E-state index contributed by atoms with van der Waals surface area (Å²) < 4.78 is 10.6. The van der Waals surface area contributed by atoms with Crippen molar-refractivity contribution in [3.05, 3.63) is 79.4 Å². The monoisotopic (exact) mass is 447 g/mol. The molecule has 0 saturated heterocycles. The molecule has 0 fully saturated rings. The van der Waals surface area contributed by atoms with Crippen molar-refractivity contribution in [2.75, 3.05) is 20.8 Å². The number of aromatic nitrogens is 2. The summed E-state index contributed by atoms with van der Waals surface area (Å²) in [4.78, 5) is 35.4. The Hall–Kier alpha value is -3.58. The lowest BCUT2D eigenvalue weighted by molar-refractivity contribution is 0.268. The second kappa shape index (κ2) is 9.11. The number of rotatable bonds is 7. The summed E-state index contributed by atoms with van der Waals surface area (Å²) in [6.45, 7) is 7.40. The van der Waals surface area contributed by atoms with E-state index in [1.54, 1.807) is 26.4 Å². The number of aryl methyl sites for hydroxylation is 2. The second-order valence-electron chi connectivity index (χ2n) is 8.24. The molecule has 0 aliphatic carbocycles. The number of hydrogen-bond acceptors (Lipinski definition) is 5. The van der Waals surface area contributed by atoms with E-state index in [4.69, 9.17) is 9.47 Å². The molecule has 0 saturated carbocycles. The highest BCUT2D eigenvalue weighted by molar-refractivity contribution is 5.81. The van der Waals surface area contributed by atoms with E-state index in [9.17, 15) is 9.59 Å². The minimum Gasteiger partial charge on any atom is -0.497 e. The van der Waals surface area contributed by atoms with Gasteiger partial charge in [0.15, 0.2) is 10.9 Å². The number of pyridine rings is 2. The second-order valence-corrected chi connectivity index (χ2v) is 8.24. The number of benzene rings is 2. The van der Waals surface area contributed by atoms with Crippen LogP contribution in [-0.2, 0) is 13.1 Å². The Kier molecular flexibility index (Phi) is 6.24. The summed E-state index contributed by atoms with van der Waals surface area (Å²) >= 11 is 0. The van der Waals surface area contributed by atoms with Gasteiger partial charge in [-0.25, -0.2) is 0 Å². The van der Waals surface area contributed by atoms with Crippen molar-refractivity contribution in [2.24, 2.45) is 0 Å². The molecular weight excluding hydrogens is 418 g/mol. The first-order valence-corrected chi connectivity index (χ1v) is 11.0. The van der Waals surface area contributed by atoms with Gasteiger partial charge in [-0.3, -0.25) is 14.5 Å². The third kappa shape index (κ3) is 4.24. The Bertz CT molecular complexity index is 1340. The van der Waals surface area contributed by atoms with Gasteiger partial charge in [-0.1, -0.05) is 6.92 Å². The fraction of sp³-hybridized carbons (Fsp3) is 0.308. The summed E-state index contributed by atoms with van der Waals surface area (Å²) in [6, 6.07) is 10.9. The van der Waals surface area contributed by atoms with Crippen LogP contribution in [0.25, 0.3) is 21.8 Å². The van der Waals surface area contributed by atoms with Gasteiger partial charge in [-0.15, -0.1) is 0 Å². The number of fused-ring (bicyclic) bond motifs is 2. The fourth-order valence-corrected chi connectivity index (χ4v) is 4.22. The van der Waals surface area contributed by atoms with Crippen molar-refractivity contribution in [1.82, 2.24) is 14.9 Å². The predicted molar refractivity (Wildman–Crippen MR) is 132 cm³/mol. The average molecular weight is 448 g/mol. The largest absolute Gasteiger partial charge is 0.497 e. The van der Waals surface area contributed by atoms with E-state index in [1.807, 2.05) is 45.0 Å². The summed E-state index contributed by atoms with van der Waals surface area (Å²) in [7, 11) is 3.17. The van der Waals surface area contributed by atoms with Crippen LogP contribution in [0.2, 0.25) is 0 Å². The molecule has 0 unspecified atom stereocenters. The third-order valence-electron chi connectivity index (χ3n) is 6.25. The number of hydrogen-bond donors (Lipinski definition) is 2. The Morgan fingerprint density at radius 1 is 0.758 bits per heavy atom. The Morgan fingerprint density at radius 3 is 1.55 bits per heavy atom. The molecule has 2 aromatic carbocycles. The van der Waals surface area contributed by atoms with E-state index in [0.29, 0.717) is 53.0 Å². The lowest BCUT2D eigenvalue weighted by atomic mass is 10.1. The van der Waals surface area contributed by atoms with Crippen molar-refractivity contribution in [3.63, 3.8) is 0 Å². The first kappa shape index (κ1) is 22.6. The quantitative estimate of drug-likeness (QED) is 0.447. The number of H-pyrrole nitrogens is 2. The molecule has 4 aromatic rings. The summed E-state index contributed by atoms with van der Waals surface area (Å²) in [5, 5.41) is 1.19. The highest BCUT2D eigenvalue weighted by Gasteiger charge is 2.17. The van der Waals surface area contributed by atoms with E-state index in [2.05, 4.69) is 14.9 Å². The average Bonchev–Trinajstić information content (AvgIpc) is 2.82. The molecule has 4 rings (SSSR count). The molecule has 0 amide bonds. The lowest BCUT2D eigenvalue weighted by Crippen LogP contribution is -2.30. The van der Waals surface area contributed by atoms with Crippen LogP contribution in [-0.4, -0.2) is 35.6 Å².